The fourth-order valence-electron chi connectivity index (χ4n) is 2.45. The average Bonchev–Trinajstić information content (AvgIpc) is 2.64. The van der Waals surface area contributed by atoms with E-state index in [2.05, 4.69) is 15.8 Å². The lowest BCUT2D eigenvalue weighted by atomic mass is 10.1. The summed E-state index contributed by atoms with van der Waals surface area (Å²) in [7, 11) is 0. The van der Waals surface area contributed by atoms with Crippen LogP contribution in [-0.4, -0.2) is 24.6 Å². The van der Waals surface area contributed by atoms with Gasteiger partial charge in [0.05, 0.1) is 12.8 Å². The molecule has 27 heavy (non-hydrogen) atoms. The maximum atomic E-state index is 12.0. The van der Waals surface area contributed by atoms with E-state index in [-0.39, 0.29) is 24.7 Å². The van der Waals surface area contributed by atoms with Gasteiger partial charge in [-0.3, -0.25) is 9.59 Å². The maximum Gasteiger partial charge on any atom is 0.240 e. The third-order valence-corrected chi connectivity index (χ3v) is 3.83. The van der Waals surface area contributed by atoms with Gasteiger partial charge in [0.1, 0.15) is 5.75 Å². The molecule has 2 amide bonds. The van der Waals surface area contributed by atoms with Gasteiger partial charge in [-0.05, 0) is 62.2 Å². The van der Waals surface area contributed by atoms with E-state index in [1.807, 2.05) is 63.2 Å². The number of hydrogen-bond acceptors (Lipinski definition) is 4. The first kappa shape index (κ1) is 20.2. The maximum absolute atomic E-state index is 12.0. The summed E-state index contributed by atoms with van der Waals surface area (Å²) in [4.78, 5) is 23.8. The Morgan fingerprint density at radius 3 is 2.41 bits per heavy atom. The fourth-order valence-corrected chi connectivity index (χ4v) is 2.45. The standard InChI is InChI=1S/C21H25N3O3/c1-4-27-18-8-6-17(7-9-18)14-22-24-21(26)12-11-20(25)23-19-10-5-15(2)13-16(19)3/h5-10,13-14H,4,11-12H2,1-3H3,(H,23,25)(H,24,26)/b22-14+. The number of anilines is 1. The zero-order chi connectivity index (χ0) is 19.6. The van der Waals surface area contributed by atoms with Gasteiger partial charge in [0.25, 0.3) is 0 Å². The highest BCUT2D eigenvalue weighted by atomic mass is 16.5. The summed E-state index contributed by atoms with van der Waals surface area (Å²) in [5.41, 5.74) is 6.16. The van der Waals surface area contributed by atoms with E-state index in [1.54, 1.807) is 6.21 Å². The minimum Gasteiger partial charge on any atom is -0.494 e. The van der Waals surface area contributed by atoms with Gasteiger partial charge in [0.15, 0.2) is 0 Å². The lowest BCUT2D eigenvalue weighted by Crippen LogP contribution is -2.20. The number of amides is 2. The predicted octanol–water partition coefficient (Wildman–Crippen LogP) is 3.57. The largest absolute Gasteiger partial charge is 0.494 e. The normalized spacial score (nSPS) is 10.6. The minimum atomic E-state index is -0.312. The predicted molar refractivity (Wildman–Crippen MR) is 107 cm³/mol. The number of aryl methyl sites for hydroxylation is 2. The first-order valence-corrected chi connectivity index (χ1v) is 8.90. The topological polar surface area (TPSA) is 79.8 Å². The van der Waals surface area contributed by atoms with E-state index >= 15 is 0 Å². The molecule has 2 rings (SSSR count). The molecule has 2 aromatic rings. The third-order valence-electron chi connectivity index (χ3n) is 3.83. The first-order chi connectivity index (χ1) is 13.0. The summed E-state index contributed by atoms with van der Waals surface area (Å²) in [5.74, 6) is 0.272. The van der Waals surface area contributed by atoms with Gasteiger partial charge in [-0.15, -0.1) is 0 Å². The second-order valence-electron chi connectivity index (χ2n) is 6.16. The van der Waals surface area contributed by atoms with Crippen molar-refractivity contribution < 1.29 is 14.3 Å². The minimum absolute atomic E-state index is 0.0668. The van der Waals surface area contributed by atoms with E-state index in [9.17, 15) is 9.59 Å². The van der Waals surface area contributed by atoms with Crippen molar-refractivity contribution >= 4 is 23.7 Å². The SMILES string of the molecule is CCOc1ccc(/C=N/NC(=O)CCC(=O)Nc2ccc(C)cc2C)cc1. The Labute approximate surface area is 159 Å². The number of hydrazone groups is 1. The number of nitrogens with one attached hydrogen (secondary N) is 2. The summed E-state index contributed by atoms with van der Waals surface area (Å²) >= 11 is 0. The molecule has 0 aliphatic carbocycles. The van der Waals surface area contributed by atoms with Crippen molar-refractivity contribution in [2.45, 2.75) is 33.6 Å². The van der Waals surface area contributed by atoms with Crippen molar-refractivity contribution in [1.29, 1.82) is 0 Å². The highest BCUT2D eigenvalue weighted by molar-refractivity contribution is 5.94. The van der Waals surface area contributed by atoms with Gasteiger partial charge in [-0.2, -0.15) is 5.10 Å². The van der Waals surface area contributed by atoms with Crippen molar-refractivity contribution in [3.63, 3.8) is 0 Å². The van der Waals surface area contributed by atoms with Crippen LogP contribution in [0.3, 0.4) is 0 Å². The molecule has 0 aliphatic rings. The van der Waals surface area contributed by atoms with Crippen LogP contribution in [0.25, 0.3) is 0 Å². The van der Waals surface area contributed by atoms with Crippen LogP contribution in [-0.2, 0) is 9.59 Å². The molecule has 0 spiro atoms. The van der Waals surface area contributed by atoms with Gasteiger partial charge in [0.2, 0.25) is 11.8 Å². The van der Waals surface area contributed by atoms with Crippen LogP contribution >= 0.6 is 0 Å². The van der Waals surface area contributed by atoms with E-state index in [0.717, 1.165) is 28.1 Å². The Bertz CT molecular complexity index is 814. The Kier molecular flexibility index (Phi) is 7.55. The van der Waals surface area contributed by atoms with Crippen molar-refractivity contribution in [1.82, 2.24) is 5.43 Å². The van der Waals surface area contributed by atoms with Crippen molar-refractivity contribution in [3.05, 3.63) is 59.2 Å². The monoisotopic (exact) mass is 367 g/mol. The zero-order valence-corrected chi connectivity index (χ0v) is 15.9. The number of nitrogens with zero attached hydrogens (tertiary/aromatic N) is 1. The smallest absolute Gasteiger partial charge is 0.240 e. The van der Waals surface area contributed by atoms with E-state index < -0.39 is 0 Å². The molecule has 0 heterocycles. The number of carbonyl (C=O) groups excluding carboxylic acids is 2. The first-order valence-electron chi connectivity index (χ1n) is 8.90. The van der Waals surface area contributed by atoms with Crippen molar-refractivity contribution in [2.24, 2.45) is 5.10 Å². The van der Waals surface area contributed by atoms with Crippen LogP contribution in [0.1, 0.15) is 36.5 Å². The van der Waals surface area contributed by atoms with Crippen molar-refractivity contribution in [2.75, 3.05) is 11.9 Å². The molecular weight excluding hydrogens is 342 g/mol. The quantitative estimate of drug-likeness (QED) is 0.553. The zero-order valence-electron chi connectivity index (χ0n) is 15.9. The number of benzene rings is 2. The molecule has 0 saturated carbocycles. The molecule has 0 atom stereocenters. The van der Waals surface area contributed by atoms with Crippen LogP contribution in [0.15, 0.2) is 47.6 Å². The molecule has 0 radical (unpaired) electrons. The molecule has 2 aromatic carbocycles. The summed E-state index contributed by atoms with van der Waals surface area (Å²) in [6, 6.07) is 13.2. The van der Waals surface area contributed by atoms with E-state index in [0.29, 0.717) is 6.61 Å². The van der Waals surface area contributed by atoms with Crippen LogP contribution in [0.4, 0.5) is 5.69 Å². The number of carbonyl (C=O) groups is 2. The summed E-state index contributed by atoms with van der Waals surface area (Å²) < 4.78 is 5.36. The van der Waals surface area contributed by atoms with Crippen LogP contribution in [0.2, 0.25) is 0 Å². The second kappa shape index (κ2) is 10.1. The van der Waals surface area contributed by atoms with Gasteiger partial charge in [-0.1, -0.05) is 17.7 Å². The van der Waals surface area contributed by atoms with Crippen LogP contribution in [0, 0.1) is 13.8 Å². The molecule has 2 N–H and O–H groups in total. The molecule has 0 aromatic heterocycles. The van der Waals surface area contributed by atoms with Gasteiger partial charge >= 0.3 is 0 Å². The van der Waals surface area contributed by atoms with E-state index in [1.165, 1.54) is 0 Å². The molecule has 0 unspecified atom stereocenters. The fraction of sp³-hybridized carbons (Fsp3) is 0.286. The molecule has 142 valence electrons. The molecular formula is C21H25N3O3. The van der Waals surface area contributed by atoms with Gasteiger partial charge in [-0.25, -0.2) is 5.43 Å². The Morgan fingerprint density at radius 2 is 1.74 bits per heavy atom. The lowest BCUT2D eigenvalue weighted by molar-refractivity contribution is -0.124. The highest BCUT2D eigenvalue weighted by Crippen LogP contribution is 2.16. The van der Waals surface area contributed by atoms with Crippen LogP contribution in [0.5, 0.6) is 5.75 Å². The highest BCUT2D eigenvalue weighted by Gasteiger charge is 2.08. The molecule has 0 saturated heterocycles. The molecule has 0 fully saturated rings. The molecule has 0 aliphatic heterocycles. The lowest BCUT2D eigenvalue weighted by Gasteiger charge is -2.08. The molecule has 6 heteroatoms. The number of rotatable bonds is 8. The second-order valence-corrected chi connectivity index (χ2v) is 6.16. The van der Waals surface area contributed by atoms with Gasteiger partial charge in [0, 0.05) is 18.5 Å². The molecule has 0 bridgehead atoms. The third kappa shape index (κ3) is 6.93. The Balaban J connectivity index is 1.74. The van der Waals surface area contributed by atoms with Crippen molar-refractivity contribution in [3.8, 4) is 5.75 Å². The Morgan fingerprint density at radius 1 is 1.04 bits per heavy atom. The Hall–Kier alpha value is -3.15. The number of ether oxygens (including phenoxy) is 1. The molecule has 6 nitrogen and oxygen atoms in total. The summed E-state index contributed by atoms with van der Waals surface area (Å²) in [6.07, 6.45) is 1.71. The van der Waals surface area contributed by atoms with Gasteiger partial charge < -0.3 is 10.1 Å². The summed E-state index contributed by atoms with van der Waals surface area (Å²) in [6.45, 7) is 6.47. The number of hydrogen-bond donors (Lipinski definition) is 2. The van der Waals surface area contributed by atoms with Crippen LogP contribution < -0.4 is 15.5 Å². The summed E-state index contributed by atoms with van der Waals surface area (Å²) in [5, 5.41) is 6.73. The average molecular weight is 367 g/mol. The van der Waals surface area contributed by atoms with E-state index in [4.69, 9.17) is 4.74 Å².